The Balaban J connectivity index is 1.60. The summed E-state index contributed by atoms with van der Waals surface area (Å²) in [4.78, 5) is 25.8. The molecule has 1 N–H and O–H groups in total. The predicted octanol–water partition coefficient (Wildman–Crippen LogP) is 6.52. The molecule has 8 nitrogen and oxygen atoms in total. The van der Waals surface area contributed by atoms with E-state index >= 15 is 0 Å². The standard InChI is InChI=1S/C31H34F3NO7/c1-2-39-28(29(36)37)22-24-15-17-25(18-16-24)40-21-20-35(19-9-8-12-23-10-4-3-5-11-23)30(38)41-26-13-6-7-14-27(26)42-31(32,33)34/h3-7,10-11,13-18,28H,2,8-9,12,19-22H2,1H3,(H,36,37). The van der Waals surface area contributed by atoms with Crippen LogP contribution in [0.15, 0.2) is 78.9 Å². The largest absolute Gasteiger partial charge is 0.573 e. The SMILES string of the molecule is CCOC(Cc1ccc(OCCN(CCCCc2ccccc2)C(=O)Oc2ccccc2OC(F)(F)F)cc1)C(=O)O. The van der Waals surface area contributed by atoms with Crippen LogP contribution in [0.5, 0.6) is 17.2 Å². The number of carboxylic acids is 1. The molecular formula is C31H34F3NO7. The van der Waals surface area contributed by atoms with Crippen molar-refractivity contribution < 1.29 is 46.8 Å². The fraction of sp³-hybridized carbons (Fsp3) is 0.355. The van der Waals surface area contributed by atoms with Crippen LogP contribution in [0.2, 0.25) is 0 Å². The van der Waals surface area contributed by atoms with Gasteiger partial charge in [0.1, 0.15) is 12.4 Å². The first kappa shape index (κ1) is 32.3. The van der Waals surface area contributed by atoms with Crippen molar-refractivity contribution in [2.45, 2.75) is 45.1 Å². The average Bonchev–Trinajstić information content (AvgIpc) is 2.95. The minimum Gasteiger partial charge on any atom is -0.492 e. The van der Waals surface area contributed by atoms with Gasteiger partial charge in [-0.1, -0.05) is 54.6 Å². The van der Waals surface area contributed by atoms with Gasteiger partial charge < -0.3 is 29.0 Å². The number of nitrogens with zero attached hydrogens (tertiary/aromatic N) is 1. The van der Waals surface area contributed by atoms with Crippen LogP contribution < -0.4 is 14.2 Å². The molecule has 3 aromatic rings. The average molecular weight is 590 g/mol. The second kappa shape index (κ2) is 16.3. The van der Waals surface area contributed by atoms with Crippen LogP contribution in [-0.2, 0) is 22.4 Å². The van der Waals surface area contributed by atoms with E-state index in [0.717, 1.165) is 30.0 Å². The maximum absolute atomic E-state index is 13.0. The van der Waals surface area contributed by atoms with Crippen molar-refractivity contribution in [1.82, 2.24) is 4.90 Å². The summed E-state index contributed by atoms with van der Waals surface area (Å²) in [6, 6.07) is 21.8. The maximum atomic E-state index is 13.0. The van der Waals surface area contributed by atoms with Crippen molar-refractivity contribution >= 4 is 12.1 Å². The van der Waals surface area contributed by atoms with Crippen molar-refractivity contribution in [3.05, 3.63) is 90.0 Å². The summed E-state index contributed by atoms with van der Waals surface area (Å²) >= 11 is 0. The van der Waals surface area contributed by atoms with Gasteiger partial charge >= 0.3 is 18.4 Å². The van der Waals surface area contributed by atoms with Crippen LogP contribution in [-0.4, -0.2) is 60.8 Å². The van der Waals surface area contributed by atoms with Gasteiger partial charge in [0.2, 0.25) is 0 Å². The van der Waals surface area contributed by atoms with Gasteiger partial charge in [0, 0.05) is 19.6 Å². The fourth-order valence-electron chi connectivity index (χ4n) is 4.10. The van der Waals surface area contributed by atoms with E-state index < -0.39 is 30.3 Å². The van der Waals surface area contributed by atoms with Crippen LogP contribution >= 0.6 is 0 Å². The van der Waals surface area contributed by atoms with Gasteiger partial charge in [-0.25, -0.2) is 9.59 Å². The van der Waals surface area contributed by atoms with Crippen molar-refractivity contribution in [2.75, 3.05) is 26.3 Å². The van der Waals surface area contributed by atoms with E-state index in [-0.39, 0.29) is 31.9 Å². The molecule has 1 unspecified atom stereocenters. The number of carboxylic acid groups (broad SMARTS) is 1. The first-order valence-electron chi connectivity index (χ1n) is 13.6. The number of hydrogen-bond donors (Lipinski definition) is 1. The lowest BCUT2D eigenvalue weighted by Gasteiger charge is -2.23. The summed E-state index contributed by atoms with van der Waals surface area (Å²) in [5.74, 6) is -1.51. The molecule has 1 atom stereocenters. The molecule has 3 aromatic carbocycles. The summed E-state index contributed by atoms with van der Waals surface area (Å²) < 4.78 is 58.8. The number of carbonyl (C=O) groups excluding carboxylic acids is 1. The van der Waals surface area contributed by atoms with Crippen LogP contribution in [0.4, 0.5) is 18.0 Å². The van der Waals surface area contributed by atoms with Gasteiger partial charge in [0.15, 0.2) is 17.6 Å². The molecule has 1 amide bonds. The minimum atomic E-state index is -4.94. The van der Waals surface area contributed by atoms with Crippen molar-refractivity contribution in [3.63, 3.8) is 0 Å². The Morgan fingerprint density at radius 1 is 0.857 bits per heavy atom. The van der Waals surface area contributed by atoms with E-state index in [1.807, 2.05) is 30.3 Å². The maximum Gasteiger partial charge on any atom is 0.573 e. The van der Waals surface area contributed by atoms with E-state index in [2.05, 4.69) is 4.74 Å². The van der Waals surface area contributed by atoms with Gasteiger partial charge in [-0.05, 0) is 61.6 Å². The van der Waals surface area contributed by atoms with Gasteiger partial charge in [-0.15, -0.1) is 13.2 Å². The Labute approximate surface area is 242 Å². The number of unbranched alkanes of at least 4 members (excludes halogenated alkanes) is 1. The number of aryl methyl sites for hydroxylation is 1. The molecule has 0 fully saturated rings. The number of ether oxygens (including phenoxy) is 4. The Morgan fingerprint density at radius 3 is 2.17 bits per heavy atom. The number of rotatable bonds is 16. The molecule has 226 valence electrons. The molecular weight excluding hydrogens is 555 g/mol. The topological polar surface area (TPSA) is 94.5 Å². The van der Waals surface area contributed by atoms with Gasteiger partial charge in [-0.3, -0.25) is 0 Å². The first-order chi connectivity index (χ1) is 20.1. The van der Waals surface area contributed by atoms with Crippen LogP contribution in [0.3, 0.4) is 0 Å². The summed E-state index contributed by atoms with van der Waals surface area (Å²) in [5, 5.41) is 9.28. The third-order valence-electron chi connectivity index (χ3n) is 6.13. The quantitative estimate of drug-likeness (QED) is 0.190. The molecule has 0 saturated heterocycles. The molecule has 0 bridgehead atoms. The number of hydrogen-bond acceptors (Lipinski definition) is 6. The monoisotopic (exact) mass is 589 g/mol. The summed E-state index contributed by atoms with van der Waals surface area (Å²) in [6.45, 7) is 2.50. The molecule has 0 heterocycles. The number of aliphatic carboxylic acids is 1. The van der Waals surface area contributed by atoms with Gasteiger partial charge in [-0.2, -0.15) is 0 Å². The second-order valence-corrected chi connectivity index (χ2v) is 9.27. The molecule has 0 spiro atoms. The molecule has 0 aliphatic heterocycles. The van der Waals surface area contributed by atoms with E-state index in [1.165, 1.54) is 23.1 Å². The highest BCUT2D eigenvalue weighted by Crippen LogP contribution is 2.32. The summed E-state index contributed by atoms with van der Waals surface area (Å²) in [7, 11) is 0. The van der Waals surface area contributed by atoms with E-state index in [0.29, 0.717) is 18.7 Å². The molecule has 0 saturated carbocycles. The summed E-state index contributed by atoms with van der Waals surface area (Å²) in [6.07, 6.45) is -4.31. The third-order valence-corrected chi connectivity index (χ3v) is 6.13. The molecule has 0 aromatic heterocycles. The smallest absolute Gasteiger partial charge is 0.492 e. The third kappa shape index (κ3) is 11.3. The van der Waals surface area contributed by atoms with Crippen molar-refractivity contribution in [2.24, 2.45) is 0 Å². The molecule has 11 heteroatoms. The number of carbonyl (C=O) groups is 2. The Kier molecular flexibility index (Phi) is 12.5. The molecule has 0 radical (unpaired) electrons. The second-order valence-electron chi connectivity index (χ2n) is 9.27. The lowest BCUT2D eigenvalue weighted by molar-refractivity contribution is -0.275. The van der Waals surface area contributed by atoms with E-state index in [4.69, 9.17) is 14.2 Å². The highest BCUT2D eigenvalue weighted by molar-refractivity contribution is 5.73. The fourth-order valence-corrected chi connectivity index (χ4v) is 4.10. The minimum absolute atomic E-state index is 0.0878. The Bertz CT molecular complexity index is 1250. The van der Waals surface area contributed by atoms with Crippen LogP contribution in [0.1, 0.15) is 30.9 Å². The van der Waals surface area contributed by atoms with E-state index in [9.17, 15) is 27.9 Å². The first-order valence-corrected chi connectivity index (χ1v) is 13.6. The van der Waals surface area contributed by atoms with Crippen LogP contribution in [0.25, 0.3) is 0 Å². The zero-order valence-electron chi connectivity index (χ0n) is 23.2. The van der Waals surface area contributed by atoms with Crippen molar-refractivity contribution in [3.8, 4) is 17.2 Å². The van der Waals surface area contributed by atoms with Gasteiger partial charge in [0.25, 0.3) is 0 Å². The van der Waals surface area contributed by atoms with Crippen LogP contribution in [0, 0.1) is 0 Å². The van der Waals surface area contributed by atoms with Crippen molar-refractivity contribution in [1.29, 1.82) is 0 Å². The number of para-hydroxylation sites is 2. The number of amides is 1. The normalized spacial score (nSPS) is 11.9. The zero-order valence-corrected chi connectivity index (χ0v) is 23.2. The Morgan fingerprint density at radius 2 is 1.52 bits per heavy atom. The summed E-state index contributed by atoms with van der Waals surface area (Å²) in [5.41, 5.74) is 1.92. The molecule has 0 aliphatic rings. The molecule has 42 heavy (non-hydrogen) atoms. The predicted molar refractivity (Wildman–Crippen MR) is 149 cm³/mol. The lowest BCUT2D eigenvalue weighted by atomic mass is 10.1. The zero-order chi connectivity index (χ0) is 30.4. The molecule has 0 aliphatic carbocycles. The number of alkyl halides is 3. The Hall–Kier alpha value is -4.25. The number of benzene rings is 3. The highest BCUT2D eigenvalue weighted by Gasteiger charge is 2.33. The molecule has 3 rings (SSSR count). The van der Waals surface area contributed by atoms with Gasteiger partial charge in [0.05, 0.1) is 6.54 Å². The highest BCUT2D eigenvalue weighted by atomic mass is 19.4. The van der Waals surface area contributed by atoms with E-state index in [1.54, 1.807) is 31.2 Å². The lowest BCUT2D eigenvalue weighted by Crippen LogP contribution is -2.37. The number of halogens is 3.